The molecular weight excluding hydrogens is 899 g/mol. The van der Waals surface area contributed by atoms with Crippen molar-refractivity contribution in [2.75, 3.05) is 13.7 Å². The number of Topliss-reactive ketones (excluding diaryl/α,β-unsaturated/α-hetero) is 1. The molecule has 9 unspecified atom stereocenters. The number of rotatable bonds is 18. The van der Waals surface area contributed by atoms with E-state index >= 15 is 0 Å². The average Bonchev–Trinajstić information content (AvgIpc) is 3.34. The van der Waals surface area contributed by atoms with Gasteiger partial charge in [-0.3, -0.25) is 4.79 Å². The van der Waals surface area contributed by atoms with Crippen LogP contribution in [0, 0.1) is 41.4 Å². The Morgan fingerprint density at radius 3 is 1.55 bits per heavy atom. The fourth-order valence-electron chi connectivity index (χ4n) is 11.3. The van der Waals surface area contributed by atoms with Crippen molar-refractivity contribution in [3.05, 3.63) is 31.3 Å². The number of azide groups is 3. The van der Waals surface area contributed by atoms with Gasteiger partial charge in [-0.05, 0) is 98.6 Å². The van der Waals surface area contributed by atoms with Gasteiger partial charge in [0.2, 0.25) is 0 Å². The summed E-state index contributed by atoms with van der Waals surface area (Å²) in [6.45, 7) is 24.0. The van der Waals surface area contributed by atoms with Crippen molar-refractivity contribution >= 4 is 5.78 Å². The molecule has 390 valence electrons. The number of nitrogens with zero attached hydrogens (tertiary/aromatic N) is 9. The predicted molar refractivity (Wildman–Crippen MR) is 248 cm³/mol. The summed E-state index contributed by atoms with van der Waals surface area (Å²) in [7, 11) is 1.53. The Labute approximate surface area is 406 Å². The molecule has 22 heteroatoms. The summed E-state index contributed by atoms with van der Waals surface area (Å²) in [6.07, 6.45) is -6.50. The molecule has 0 bridgehead atoms. The van der Waals surface area contributed by atoms with E-state index in [0.717, 1.165) is 19.3 Å². The van der Waals surface area contributed by atoms with Crippen LogP contribution in [0.1, 0.15) is 122 Å². The van der Waals surface area contributed by atoms with E-state index in [-0.39, 0.29) is 47.6 Å². The Hall–Kier alpha value is -2.88. The van der Waals surface area contributed by atoms with Gasteiger partial charge in [0.1, 0.15) is 12.2 Å². The van der Waals surface area contributed by atoms with Crippen molar-refractivity contribution in [2.24, 2.45) is 56.8 Å². The van der Waals surface area contributed by atoms with E-state index in [4.69, 9.17) is 56.8 Å². The summed E-state index contributed by atoms with van der Waals surface area (Å²) in [5.74, 6) is -1.76. The number of ketones is 1. The van der Waals surface area contributed by atoms with Crippen molar-refractivity contribution in [2.45, 2.75) is 239 Å². The second-order valence-corrected chi connectivity index (χ2v) is 20.2. The number of ether oxygens (including phenoxy) is 12. The summed E-state index contributed by atoms with van der Waals surface area (Å²) >= 11 is 0. The highest BCUT2D eigenvalue weighted by Crippen LogP contribution is 2.44. The van der Waals surface area contributed by atoms with Gasteiger partial charge >= 0.3 is 0 Å². The van der Waals surface area contributed by atoms with E-state index in [0.29, 0.717) is 25.9 Å². The molecule has 26 atom stereocenters. The van der Waals surface area contributed by atoms with Crippen LogP contribution in [-0.4, -0.2) is 136 Å². The molecule has 0 saturated carbocycles. The maximum atomic E-state index is 13.6. The number of hydrogen-bond acceptors (Lipinski definition) is 16. The van der Waals surface area contributed by atoms with Gasteiger partial charge in [0.25, 0.3) is 0 Å². The molecule has 6 aliphatic rings. The molecule has 0 aromatic heterocycles. The Balaban J connectivity index is 1.21. The van der Waals surface area contributed by atoms with Crippen LogP contribution in [0.2, 0.25) is 0 Å². The SMILES string of the molecule is CCC1O[C@H](O[C@@H]2C(C)O[C@H](O[C@@H]3C(CC)O[C@H](OC)[C@@H](N=[N+]=[N-])C3C)[C@@H](C)C2C)[C@@H](N=[N+]=[N-])C(C)[C@@H]1O[C@@H]1O[C@@H](C(C)=O)[C@@H](O[C@H]2O[C@@H](CC)[C@@H](C)C(C)[C@@H]2N=[N+]=[N-])C(C)[C@@H]1OC1CCCCO1. The first-order chi connectivity index (χ1) is 33.1. The third kappa shape index (κ3) is 12.2. The van der Waals surface area contributed by atoms with E-state index in [1.54, 1.807) is 0 Å². The molecule has 0 N–H and O–H groups in total. The molecule has 6 rings (SSSR count). The van der Waals surface area contributed by atoms with Gasteiger partial charge in [-0.15, -0.1) is 0 Å². The van der Waals surface area contributed by atoms with Gasteiger partial charge in [-0.25, -0.2) is 0 Å². The first-order valence-corrected chi connectivity index (χ1v) is 25.4. The van der Waals surface area contributed by atoms with Gasteiger partial charge in [-0.2, -0.15) is 0 Å². The van der Waals surface area contributed by atoms with Crippen molar-refractivity contribution < 1.29 is 61.6 Å². The van der Waals surface area contributed by atoms with E-state index < -0.39 is 117 Å². The lowest BCUT2D eigenvalue weighted by molar-refractivity contribution is -0.369. The largest absolute Gasteiger partial charge is 0.355 e. The molecule has 0 aliphatic carbocycles. The third-order valence-corrected chi connectivity index (χ3v) is 16.0. The van der Waals surface area contributed by atoms with Crippen LogP contribution in [-0.2, 0) is 61.6 Å². The van der Waals surface area contributed by atoms with Crippen molar-refractivity contribution in [3.63, 3.8) is 0 Å². The van der Waals surface area contributed by atoms with Crippen molar-refractivity contribution in [3.8, 4) is 0 Å². The second kappa shape index (κ2) is 25.2. The fraction of sp³-hybridized carbons (Fsp3) is 0.979. The Kier molecular flexibility index (Phi) is 20.2. The first-order valence-electron chi connectivity index (χ1n) is 25.4. The summed E-state index contributed by atoms with van der Waals surface area (Å²) in [6, 6.07) is -2.09. The van der Waals surface area contributed by atoms with Gasteiger partial charge in [-0.1, -0.05) is 84.6 Å². The topological polar surface area (TPSA) is 274 Å². The Morgan fingerprint density at radius 2 is 1.03 bits per heavy atom. The molecule has 0 spiro atoms. The number of carbonyl (C=O) groups is 1. The lowest BCUT2D eigenvalue weighted by atomic mass is 9.81. The van der Waals surface area contributed by atoms with Crippen LogP contribution in [0.3, 0.4) is 0 Å². The number of hydrogen-bond donors (Lipinski definition) is 0. The number of carbonyl (C=O) groups excluding carboxylic acids is 1. The predicted octanol–water partition coefficient (Wildman–Crippen LogP) is 9.04. The molecule has 6 saturated heterocycles. The highest BCUT2D eigenvalue weighted by molar-refractivity contribution is 5.81. The lowest BCUT2D eigenvalue weighted by Gasteiger charge is -2.52. The number of methoxy groups -OCH3 is 1. The summed E-state index contributed by atoms with van der Waals surface area (Å²) < 4.78 is 78.4. The van der Waals surface area contributed by atoms with Crippen LogP contribution < -0.4 is 0 Å². The monoisotopic (exact) mass is 978 g/mol. The van der Waals surface area contributed by atoms with E-state index in [2.05, 4.69) is 43.9 Å². The van der Waals surface area contributed by atoms with E-state index in [1.165, 1.54) is 14.0 Å². The highest BCUT2D eigenvalue weighted by atomic mass is 16.8. The minimum atomic E-state index is -1.10. The molecule has 0 aromatic rings. The summed E-state index contributed by atoms with van der Waals surface area (Å²) in [5.41, 5.74) is 28.9. The normalized spacial score (nSPS) is 47.2. The van der Waals surface area contributed by atoms with Crippen molar-refractivity contribution in [1.82, 2.24) is 0 Å². The standard InChI is InChI=1S/C47H79N9O13/c1-14-30-21(4)22(5)34(51-54-48)45(61-30)68-40-27(10)41(64-33-19-17-18-20-59-33)47(69-42(40)28(11)57)67-39-26(9)36(53-56-50)46(63-32(39)16-3)65-37-23(6)24(7)43(60-29(37)12)66-38-25(8)35(52-55-49)44(58-13)62-31(38)15-2/h21-27,29-47H,14-20H2,1-13H3/t21-,22?,23?,24-,25?,26?,27?,29?,30-,31?,32?,33?,34-,35-,36-,37-,38-,39-,40-,41-,42-,43+,44-,45+,46+,47+/m0/s1. The van der Waals surface area contributed by atoms with E-state index in [9.17, 15) is 21.4 Å². The molecule has 0 aromatic carbocycles. The van der Waals surface area contributed by atoms with Crippen molar-refractivity contribution in [1.29, 1.82) is 0 Å². The van der Waals surface area contributed by atoms with Crippen LogP contribution in [0.4, 0.5) is 0 Å². The van der Waals surface area contributed by atoms with Crippen LogP contribution in [0.15, 0.2) is 15.3 Å². The van der Waals surface area contributed by atoms with Gasteiger partial charge in [0.05, 0.1) is 67.0 Å². The van der Waals surface area contributed by atoms with Crippen LogP contribution in [0.5, 0.6) is 0 Å². The zero-order valence-electron chi connectivity index (χ0n) is 42.8. The Morgan fingerprint density at radius 1 is 0.522 bits per heavy atom. The molecular formula is C47H79N9O13. The quantitative estimate of drug-likeness (QED) is 0.0705. The van der Waals surface area contributed by atoms with Gasteiger partial charge in [0, 0.05) is 40.3 Å². The fourth-order valence-corrected chi connectivity index (χ4v) is 11.3. The first kappa shape index (κ1) is 55.4. The second-order valence-electron chi connectivity index (χ2n) is 20.2. The van der Waals surface area contributed by atoms with Crippen LogP contribution in [0.25, 0.3) is 31.3 Å². The lowest BCUT2D eigenvalue weighted by Crippen LogP contribution is -2.63. The zero-order chi connectivity index (χ0) is 50.3. The maximum Gasteiger partial charge on any atom is 0.185 e. The molecule has 0 amide bonds. The smallest absolute Gasteiger partial charge is 0.185 e. The average molecular weight is 978 g/mol. The van der Waals surface area contributed by atoms with Gasteiger partial charge in [0.15, 0.2) is 43.5 Å². The molecule has 6 fully saturated rings. The summed E-state index contributed by atoms with van der Waals surface area (Å²) in [5, 5.41) is 12.4. The summed E-state index contributed by atoms with van der Waals surface area (Å²) in [4.78, 5) is 23.1. The molecule has 6 heterocycles. The minimum Gasteiger partial charge on any atom is -0.355 e. The van der Waals surface area contributed by atoms with Crippen LogP contribution >= 0.6 is 0 Å². The molecule has 22 nitrogen and oxygen atoms in total. The third-order valence-electron chi connectivity index (χ3n) is 16.0. The Bertz CT molecular complexity index is 1820. The van der Waals surface area contributed by atoms with E-state index in [1.807, 2.05) is 62.3 Å². The highest BCUT2D eigenvalue weighted by Gasteiger charge is 2.55. The van der Waals surface area contributed by atoms with Gasteiger partial charge < -0.3 is 56.8 Å². The zero-order valence-corrected chi connectivity index (χ0v) is 42.8. The minimum absolute atomic E-state index is 0.0637. The maximum absolute atomic E-state index is 13.6. The molecule has 69 heavy (non-hydrogen) atoms. The molecule has 0 radical (unpaired) electrons. The molecule has 6 aliphatic heterocycles.